The Balaban J connectivity index is 0.000000708. The van der Waals surface area contributed by atoms with Gasteiger partial charge in [-0.15, -0.1) is 11.3 Å². The van der Waals surface area contributed by atoms with E-state index in [9.17, 15) is 36.3 Å². The molecule has 2 aromatic carbocycles. The summed E-state index contributed by atoms with van der Waals surface area (Å²) in [5, 5.41) is 19.0. The molecule has 1 heterocycles. The van der Waals surface area contributed by atoms with E-state index in [1.807, 2.05) is 0 Å². The number of nitrogens with zero attached hydrogens (tertiary/aromatic N) is 1. The lowest BCUT2D eigenvalue weighted by Gasteiger charge is -2.15. The molecule has 12 nitrogen and oxygen atoms in total. The smallest absolute Gasteiger partial charge is 0.480 e. The summed E-state index contributed by atoms with van der Waals surface area (Å²) in [5.74, 6) is -4.83. The quantitative estimate of drug-likeness (QED) is 0.156. The van der Waals surface area contributed by atoms with Crippen molar-refractivity contribution in [2.75, 3.05) is 6.54 Å². The number of carboxylic acids is 2. The van der Waals surface area contributed by atoms with Gasteiger partial charge in [-0.2, -0.15) is 17.9 Å². The first-order valence-corrected chi connectivity index (χ1v) is 13.1. The van der Waals surface area contributed by atoms with Crippen molar-refractivity contribution in [1.82, 2.24) is 10.0 Å². The number of para-hydroxylation sites is 1. The molecule has 17 heteroatoms. The number of guanidine groups is 1. The Morgan fingerprint density at radius 1 is 0.950 bits per heavy atom. The number of benzene rings is 2. The fourth-order valence-electron chi connectivity index (χ4n) is 2.84. The first kappa shape index (κ1) is 31.7. The van der Waals surface area contributed by atoms with Crippen molar-refractivity contribution < 1.29 is 46.2 Å². The average Bonchev–Trinajstić information content (AvgIpc) is 3.37. The molecule has 1 amide bonds. The lowest BCUT2D eigenvalue weighted by Crippen LogP contribution is -2.48. The maximum absolute atomic E-state index is 12.6. The number of amides is 1. The third-order valence-electron chi connectivity index (χ3n) is 4.61. The molecular weight excluding hydrogens is 579 g/mol. The fourth-order valence-corrected chi connectivity index (χ4v) is 5.01. The summed E-state index contributed by atoms with van der Waals surface area (Å²) in [5.41, 5.74) is 12.2. The molecule has 3 aromatic rings. The monoisotopic (exact) mass is 601 g/mol. The maximum atomic E-state index is 12.6. The predicted molar refractivity (Wildman–Crippen MR) is 139 cm³/mol. The molecule has 3 rings (SSSR count). The van der Waals surface area contributed by atoms with Crippen LogP contribution in [0.4, 0.5) is 18.9 Å². The predicted octanol–water partition coefficient (Wildman–Crippen LogP) is 2.11. The zero-order chi connectivity index (χ0) is 30.1. The van der Waals surface area contributed by atoms with Gasteiger partial charge in [0.25, 0.3) is 5.91 Å². The molecule has 1 atom stereocenters. The van der Waals surface area contributed by atoms with Crippen LogP contribution in [-0.2, 0) is 19.6 Å². The van der Waals surface area contributed by atoms with E-state index < -0.39 is 46.6 Å². The number of sulfonamides is 1. The van der Waals surface area contributed by atoms with Gasteiger partial charge < -0.3 is 27.0 Å². The normalized spacial score (nSPS) is 11.9. The Bertz CT molecular complexity index is 1490. The Kier molecular flexibility index (Phi) is 10.7. The van der Waals surface area contributed by atoms with Gasteiger partial charge >= 0.3 is 18.1 Å². The van der Waals surface area contributed by atoms with Crippen LogP contribution in [0, 0.1) is 0 Å². The second kappa shape index (κ2) is 13.5. The van der Waals surface area contributed by atoms with Gasteiger partial charge in [-0.25, -0.2) is 18.2 Å². The van der Waals surface area contributed by atoms with E-state index >= 15 is 0 Å². The highest BCUT2D eigenvalue weighted by atomic mass is 32.2. The molecule has 0 aliphatic heterocycles. The number of aliphatic imine (C=N–C) groups is 1. The van der Waals surface area contributed by atoms with Crippen molar-refractivity contribution >= 4 is 50.9 Å². The van der Waals surface area contributed by atoms with Crippen LogP contribution in [0.25, 0.3) is 10.4 Å². The van der Waals surface area contributed by atoms with E-state index in [0.717, 1.165) is 16.2 Å². The Morgan fingerprint density at radius 3 is 2.08 bits per heavy atom. The fraction of sp³-hybridized carbons (Fsp3) is 0.130. The number of hydrogen-bond donors (Lipinski definition) is 6. The van der Waals surface area contributed by atoms with Crippen molar-refractivity contribution in [3.05, 3.63) is 71.6 Å². The van der Waals surface area contributed by atoms with Crippen molar-refractivity contribution in [1.29, 1.82) is 0 Å². The molecule has 0 saturated carbocycles. The van der Waals surface area contributed by atoms with E-state index in [4.69, 9.17) is 21.4 Å². The highest BCUT2D eigenvalue weighted by Crippen LogP contribution is 2.35. The minimum Gasteiger partial charge on any atom is -0.480 e. The van der Waals surface area contributed by atoms with Gasteiger partial charge in [0.05, 0.1) is 15.5 Å². The van der Waals surface area contributed by atoms with Gasteiger partial charge in [0.1, 0.15) is 6.04 Å². The third-order valence-corrected chi connectivity index (χ3v) is 7.21. The highest BCUT2D eigenvalue weighted by Gasteiger charge is 2.38. The van der Waals surface area contributed by atoms with E-state index in [1.165, 1.54) is 24.3 Å². The summed E-state index contributed by atoms with van der Waals surface area (Å²) >= 11 is 1.16. The summed E-state index contributed by atoms with van der Waals surface area (Å²) in [6.45, 7) is -0.446. The number of rotatable bonds is 9. The molecule has 1 aromatic heterocycles. The van der Waals surface area contributed by atoms with Crippen LogP contribution in [0.3, 0.4) is 0 Å². The lowest BCUT2D eigenvalue weighted by atomic mass is 10.1. The van der Waals surface area contributed by atoms with Gasteiger partial charge in [-0.05, 0) is 30.3 Å². The van der Waals surface area contributed by atoms with Crippen LogP contribution >= 0.6 is 11.3 Å². The second-order valence-corrected chi connectivity index (χ2v) is 10.4. The minimum absolute atomic E-state index is 0.0788. The SMILES string of the molecule is NC(N)=Nc1ccccc1-c1ccc(C(=O)NCC(NS(=O)(=O)c2ccccc2)C(=O)O)s1.O=C(O)C(F)(F)F. The number of thiophene rings is 1. The first-order chi connectivity index (χ1) is 18.6. The molecule has 0 aliphatic rings. The third kappa shape index (κ3) is 9.37. The summed E-state index contributed by atoms with van der Waals surface area (Å²) in [7, 11) is -4.08. The highest BCUT2D eigenvalue weighted by molar-refractivity contribution is 7.89. The molecule has 1 unspecified atom stereocenters. The van der Waals surface area contributed by atoms with Crippen molar-refractivity contribution in [3.63, 3.8) is 0 Å². The van der Waals surface area contributed by atoms with Crippen molar-refractivity contribution in [2.24, 2.45) is 16.5 Å². The van der Waals surface area contributed by atoms with Gasteiger partial charge in [0.2, 0.25) is 10.0 Å². The van der Waals surface area contributed by atoms with Gasteiger partial charge in [0, 0.05) is 17.0 Å². The molecule has 0 radical (unpaired) electrons. The van der Waals surface area contributed by atoms with Crippen LogP contribution in [0.5, 0.6) is 0 Å². The van der Waals surface area contributed by atoms with E-state index in [1.54, 1.807) is 42.5 Å². The van der Waals surface area contributed by atoms with Gasteiger partial charge in [-0.1, -0.05) is 36.4 Å². The van der Waals surface area contributed by atoms with E-state index in [0.29, 0.717) is 16.1 Å². The Hall–Kier alpha value is -4.48. The second-order valence-electron chi connectivity index (χ2n) is 7.56. The van der Waals surface area contributed by atoms with E-state index in [-0.39, 0.29) is 10.9 Å². The molecule has 0 fully saturated rings. The number of aliphatic carboxylic acids is 2. The number of nitrogens with one attached hydrogen (secondary N) is 2. The van der Waals surface area contributed by atoms with Crippen LogP contribution in [0.2, 0.25) is 0 Å². The van der Waals surface area contributed by atoms with E-state index in [2.05, 4.69) is 15.0 Å². The molecule has 0 aliphatic carbocycles. The largest absolute Gasteiger partial charge is 0.490 e. The van der Waals surface area contributed by atoms with Crippen molar-refractivity contribution in [3.8, 4) is 10.4 Å². The average molecular weight is 602 g/mol. The summed E-state index contributed by atoms with van der Waals surface area (Å²) in [4.78, 5) is 38.1. The topological polar surface area (TPSA) is 214 Å². The van der Waals surface area contributed by atoms with Gasteiger partial charge in [0.15, 0.2) is 5.96 Å². The molecule has 40 heavy (non-hydrogen) atoms. The zero-order valence-electron chi connectivity index (χ0n) is 20.1. The molecule has 214 valence electrons. The van der Waals surface area contributed by atoms with Crippen molar-refractivity contribution in [2.45, 2.75) is 17.1 Å². The maximum Gasteiger partial charge on any atom is 0.490 e. The molecule has 0 bridgehead atoms. The summed E-state index contributed by atoms with van der Waals surface area (Å²) in [6, 6.07) is 16.2. The molecule has 0 saturated heterocycles. The van der Waals surface area contributed by atoms with Crippen LogP contribution in [0.1, 0.15) is 9.67 Å². The standard InChI is InChI=1S/C21H21N5O5S2.C2HF3O2/c22-21(23)25-15-9-5-4-8-14(15)17-10-11-18(32-17)19(27)24-12-16(20(28)29)26-33(30,31)13-6-2-1-3-7-13;3-2(4,5)1(6)7/h1-11,16,26H,12H2,(H,24,27)(H,28,29)(H4,22,23,25);(H,6,7). The number of nitrogens with two attached hydrogens (primary N) is 2. The molecule has 8 N–H and O–H groups in total. The molecular formula is C23H22F3N5O7S2. The first-order valence-electron chi connectivity index (χ1n) is 10.8. The number of halogens is 3. The zero-order valence-corrected chi connectivity index (χ0v) is 21.8. The number of hydrogen-bond acceptors (Lipinski definition) is 7. The Morgan fingerprint density at radius 2 is 1.52 bits per heavy atom. The summed E-state index contributed by atoms with van der Waals surface area (Å²) < 4.78 is 58.7. The van der Waals surface area contributed by atoms with Crippen LogP contribution in [0.15, 0.2) is 76.6 Å². The number of alkyl halides is 3. The van der Waals surface area contributed by atoms with Gasteiger partial charge in [-0.3, -0.25) is 9.59 Å². The Labute approximate surface area is 229 Å². The number of carboxylic acid groups (broad SMARTS) is 2. The van der Waals surface area contributed by atoms with Crippen LogP contribution < -0.4 is 21.5 Å². The van der Waals surface area contributed by atoms with Crippen LogP contribution in [-0.4, -0.2) is 61.2 Å². The summed E-state index contributed by atoms with van der Waals surface area (Å²) in [6.07, 6.45) is -5.08. The lowest BCUT2D eigenvalue weighted by molar-refractivity contribution is -0.192. The number of carbonyl (C=O) groups excluding carboxylic acids is 1. The minimum atomic E-state index is -5.08. The molecule has 0 spiro atoms. The number of carbonyl (C=O) groups is 3.